The molecule has 0 saturated heterocycles. The van der Waals surface area contributed by atoms with Gasteiger partial charge in [0.05, 0.1) is 5.01 Å². The molecule has 0 amide bonds. The summed E-state index contributed by atoms with van der Waals surface area (Å²) in [5.74, 6) is 1.16. The van der Waals surface area contributed by atoms with Gasteiger partial charge in [0.2, 0.25) is 0 Å². The largest absolute Gasteiger partial charge is 0.335 e. The molecule has 0 radical (unpaired) electrons. The number of hydrogen-bond donors (Lipinski definition) is 1. The van der Waals surface area contributed by atoms with Crippen LogP contribution in [0.1, 0.15) is 36.8 Å². The van der Waals surface area contributed by atoms with Gasteiger partial charge in [0.1, 0.15) is 5.82 Å². The van der Waals surface area contributed by atoms with Crippen LogP contribution in [0.3, 0.4) is 0 Å². The molecule has 5 heteroatoms. The van der Waals surface area contributed by atoms with Gasteiger partial charge in [-0.15, -0.1) is 11.3 Å². The SMILES string of the molecule is CCCNC(Cc1nc(C)cs1)Cc1nccn1CC. The van der Waals surface area contributed by atoms with Gasteiger partial charge in [-0.05, 0) is 26.8 Å². The normalized spacial score (nSPS) is 12.8. The molecule has 0 spiro atoms. The molecule has 20 heavy (non-hydrogen) atoms. The highest BCUT2D eigenvalue weighted by Gasteiger charge is 2.14. The molecule has 1 unspecified atom stereocenters. The summed E-state index contributed by atoms with van der Waals surface area (Å²) in [5.41, 5.74) is 1.12. The van der Waals surface area contributed by atoms with E-state index in [4.69, 9.17) is 0 Å². The molecule has 2 heterocycles. The van der Waals surface area contributed by atoms with Crippen LogP contribution in [0.2, 0.25) is 0 Å². The van der Waals surface area contributed by atoms with Crippen molar-refractivity contribution in [3.05, 3.63) is 34.3 Å². The predicted octanol–water partition coefficient (Wildman–Crippen LogP) is 2.82. The number of thiazole rings is 1. The summed E-state index contributed by atoms with van der Waals surface area (Å²) in [6.07, 6.45) is 7.03. The van der Waals surface area contributed by atoms with E-state index in [-0.39, 0.29) is 0 Å². The average Bonchev–Trinajstić information content (AvgIpc) is 3.05. The van der Waals surface area contributed by atoms with Crippen molar-refractivity contribution in [1.82, 2.24) is 19.9 Å². The first kappa shape index (κ1) is 15.2. The zero-order valence-electron chi connectivity index (χ0n) is 12.6. The van der Waals surface area contributed by atoms with Gasteiger partial charge in [0.25, 0.3) is 0 Å². The third-order valence-corrected chi connectivity index (χ3v) is 4.33. The summed E-state index contributed by atoms with van der Waals surface area (Å²) in [4.78, 5) is 9.07. The molecule has 0 aliphatic heterocycles. The summed E-state index contributed by atoms with van der Waals surface area (Å²) in [5, 5.41) is 6.97. The van der Waals surface area contributed by atoms with E-state index >= 15 is 0 Å². The number of nitrogens with one attached hydrogen (secondary N) is 1. The second kappa shape index (κ2) is 7.55. The monoisotopic (exact) mass is 292 g/mol. The van der Waals surface area contributed by atoms with Gasteiger partial charge in [0.15, 0.2) is 0 Å². The minimum Gasteiger partial charge on any atom is -0.335 e. The van der Waals surface area contributed by atoms with Gasteiger partial charge in [-0.2, -0.15) is 0 Å². The van der Waals surface area contributed by atoms with Gasteiger partial charge in [-0.1, -0.05) is 6.92 Å². The molecule has 0 bridgehead atoms. The van der Waals surface area contributed by atoms with E-state index in [9.17, 15) is 0 Å². The molecule has 0 aliphatic rings. The number of hydrogen-bond acceptors (Lipinski definition) is 4. The van der Waals surface area contributed by atoms with Crippen LogP contribution >= 0.6 is 11.3 Å². The van der Waals surface area contributed by atoms with Crippen LogP contribution in [0.5, 0.6) is 0 Å². The molecule has 2 aromatic rings. The van der Waals surface area contributed by atoms with E-state index in [1.54, 1.807) is 11.3 Å². The van der Waals surface area contributed by atoms with Crippen LogP contribution < -0.4 is 5.32 Å². The highest BCUT2D eigenvalue weighted by Crippen LogP contribution is 2.13. The van der Waals surface area contributed by atoms with Gasteiger partial charge < -0.3 is 9.88 Å². The molecule has 1 atom stereocenters. The first-order valence-electron chi connectivity index (χ1n) is 7.37. The molecular formula is C15H24N4S. The summed E-state index contributed by atoms with van der Waals surface area (Å²) in [6, 6.07) is 0.410. The quantitative estimate of drug-likeness (QED) is 0.813. The van der Waals surface area contributed by atoms with Gasteiger partial charge >= 0.3 is 0 Å². The van der Waals surface area contributed by atoms with Crippen molar-refractivity contribution in [1.29, 1.82) is 0 Å². The maximum atomic E-state index is 4.58. The number of rotatable bonds is 8. The lowest BCUT2D eigenvalue weighted by atomic mass is 10.1. The Kier molecular flexibility index (Phi) is 5.73. The van der Waals surface area contributed by atoms with E-state index in [0.29, 0.717) is 6.04 Å². The van der Waals surface area contributed by atoms with Crippen molar-refractivity contribution in [2.75, 3.05) is 6.54 Å². The maximum absolute atomic E-state index is 4.58. The first-order valence-corrected chi connectivity index (χ1v) is 8.25. The highest BCUT2D eigenvalue weighted by molar-refractivity contribution is 7.09. The van der Waals surface area contributed by atoms with Crippen LogP contribution in [0, 0.1) is 6.92 Å². The molecule has 0 fully saturated rings. The predicted molar refractivity (Wildman–Crippen MR) is 84.2 cm³/mol. The number of aryl methyl sites for hydroxylation is 2. The molecule has 0 aliphatic carbocycles. The fourth-order valence-electron chi connectivity index (χ4n) is 2.31. The Bertz CT molecular complexity index is 517. The van der Waals surface area contributed by atoms with Gasteiger partial charge in [-0.3, -0.25) is 0 Å². The van der Waals surface area contributed by atoms with Crippen LogP contribution in [-0.4, -0.2) is 27.1 Å². The summed E-state index contributed by atoms with van der Waals surface area (Å²) < 4.78 is 2.22. The number of imidazole rings is 1. The Morgan fingerprint density at radius 2 is 2.20 bits per heavy atom. The van der Waals surface area contributed by atoms with Crippen LogP contribution in [0.25, 0.3) is 0 Å². The van der Waals surface area contributed by atoms with E-state index in [1.165, 1.54) is 5.01 Å². The van der Waals surface area contributed by atoms with Crippen molar-refractivity contribution >= 4 is 11.3 Å². The lowest BCUT2D eigenvalue weighted by Crippen LogP contribution is -2.34. The van der Waals surface area contributed by atoms with E-state index in [2.05, 4.69) is 52.2 Å². The van der Waals surface area contributed by atoms with Crippen molar-refractivity contribution < 1.29 is 0 Å². The zero-order valence-corrected chi connectivity index (χ0v) is 13.4. The third kappa shape index (κ3) is 4.15. The van der Waals surface area contributed by atoms with Crippen molar-refractivity contribution in [2.24, 2.45) is 0 Å². The molecule has 110 valence electrons. The smallest absolute Gasteiger partial charge is 0.110 e. The average molecular weight is 292 g/mol. The minimum atomic E-state index is 0.410. The van der Waals surface area contributed by atoms with E-state index < -0.39 is 0 Å². The Morgan fingerprint density at radius 3 is 2.85 bits per heavy atom. The molecule has 2 rings (SSSR count). The van der Waals surface area contributed by atoms with Crippen LogP contribution in [0.15, 0.2) is 17.8 Å². The van der Waals surface area contributed by atoms with Crippen LogP contribution in [0.4, 0.5) is 0 Å². The van der Waals surface area contributed by atoms with E-state index in [0.717, 1.165) is 43.9 Å². The number of aromatic nitrogens is 3. The molecule has 2 aromatic heterocycles. The molecule has 1 N–H and O–H groups in total. The third-order valence-electron chi connectivity index (χ3n) is 3.34. The second-order valence-corrected chi connectivity index (χ2v) is 6.01. The van der Waals surface area contributed by atoms with Gasteiger partial charge in [-0.25, -0.2) is 9.97 Å². The maximum Gasteiger partial charge on any atom is 0.110 e. The Labute approximate surface area is 125 Å². The lowest BCUT2D eigenvalue weighted by molar-refractivity contribution is 0.484. The van der Waals surface area contributed by atoms with Gasteiger partial charge in [0, 0.05) is 48.9 Å². The minimum absolute atomic E-state index is 0.410. The summed E-state index contributed by atoms with van der Waals surface area (Å²) in [6.45, 7) is 8.43. The Morgan fingerprint density at radius 1 is 1.35 bits per heavy atom. The van der Waals surface area contributed by atoms with Crippen molar-refractivity contribution in [3.8, 4) is 0 Å². The van der Waals surface area contributed by atoms with Crippen LogP contribution in [-0.2, 0) is 19.4 Å². The molecular weight excluding hydrogens is 268 g/mol. The highest BCUT2D eigenvalue weighted by atomic mass is 32.1. The Hall–Kier alpha value is -1.20. The fourth-order valence-corrected chi connectivity index (χ4v) is 3.16. The molecule has 4 nitrogen and oxygen atoms in total. The number of nitrogens with zero attached hydrogens (tertiary/aromatic N) is 3. The zero-order chi connectivity index (χ0) is 14.4. The standard InChI is InChI=1S/C15H24N4S/c1-4-6-16-13(10-15-18-12(3)11-20-15)9-14-17-7-8-19(14)5-2/h7-8,11,13,16H,4-6,9-10H2,1-3H3. The van der Waals surface area contributed by atoms with Crippen molar-refractivity contribution in [2.45, 2.75) is 52.6 Å². The topological polar surface area (TPSA) is 42.7 Å². The molecule has 0 aromatic carbocycles. The second-order valence-electron chi connectivity index (χ2n) is 5.07. The first-order chi connectivity index (χ1) is 9.72. The van der Waals surface area contributed by atoms with Crippen molar-refractivity contribution in [3.63, 3.8) is 0 Å². The molecule has 0 saturated carbocycles. The Balaban J connectivity index is 2.03. The fraction of sp³-hybridized carbons (Fsp3) is 0.600. The summed E-state index contributed by atoms with van der Waals surface area (Å²) in [7, 11) is 0. The lowest BCUT2D eigenvalue weighted by Gasteiger charge is -2.17. The van der Waals surface area contributed by atoms with E-state index in [1.807, 2.05) is 6.20 Å². The summed E-state index contributed by atoms with van der Waals surface area (Å²) >= 11 is 1.76.